The standard InChI is InChI=1S/C6H11ClO2/c7-6(9)4-2-1-3-5-8/h8H,1-5H2. The van der Waals surface area contributed by atoms with Gasteiger partial charge in [0, 0.05) is 13.0 Å². The fourth-order valence-corrected chi connectivity index (χ4v) is 0.686. The van der Waals surface area contributed by atoms with Crippen LogP contribution in [0.5, 0.6) is 0 Å². The zero-order chi connectivity index (χ0) is 7.11. The molecule has 2 nitrogen and oxygen atoms in total. The first-order valence-electron chi connectivity index (χ1n) is 3.06. The monoisotopic (exact) mass is 150 g/mol. The van der Waals surface area contributed by atoms with E-state index in [0.717, 1.165) is 19.3 Å². The maximum atomic E-state index is 10.1. The Morgan fingerprint density at radius 2 is 2.00 bits per heavy atom. The minimum Gasteiger partial charge on any atom is -0.396 e. The predicted octanol–water partition coefficient (Wildman–Crippen LogP) is 1.30. The highest BCUT2D eigenvalue weighted by molar-refractivity contribution is 6.63. The van der Waals surface area contributed by atoms with E-state index in [-0.39, 0.29) is 11.8 Å². The van der Waals surface area contributed by atoms with Gasteiger partial charge in [-0.3, -0.25) is 4.79 Å². The van der Waals surface area contributed by atoms with Crippen LogP contribution >= 0.6 is 11.6 Å². The van der Waals surface area contributed by atoms with Crippen molar-refractivity contribution < 1.29 is 9.90 Å². The number of rotatable bonds is 5. The number of hydrogen-bond acceptors (Lipinski definition) is 2. The van der Waals surface area contributed by atoms with Crippen LogP contribution < -0.4 is 0 Å². The molecule has 0 aliphatic rings. The molecule has 0 amide bonds. The molecule has 0 aromatic heterocycles. The van der Waals surface area contributed by atoms with Crippen molar-refractivity contribution in [3.05, 3.63) is 0 Å². The number of halogens is 1. The van der Waals surface area contributed by atoms with E-state index >= 15 is 0 Å². The second-order valence-electron chi connectivity index (χ2n) is 1.89. The second-order valence-corrected chi connectivity index (χ2v) is 2.31. The molecule has 0 saturated carbocycles. The Kier molecular flexibility index (Phi) is 5.99. The topological polar surface area (TPSA) is 37.3 Å². The van der Waals surface area contributed by atoms with Crippen LogP contribution in [0, 0.1) is 0 Å². The van der Waals surface area contributed by atoms with Crippen molar-refractivity contribution in [2.75, 3.05) is 6.61 Å². The van der Waals surface area contributed by atoms with Gasteiger partial charge in [-0.05, 0) is 24.4 Å². The lowest BCUT2D eigenvalue weighted by Gasteiger charge is -1.92. The largest absolute Gasteiger partial charge is 0.396 e. The molecule has 1 N–H and O–H groups in total. The molecule has 54 valence electrons. The molecule has 0 atom stereocenters. The second kappa shape index (κ2) is 6.05. The van der Waals surface area contributed by atoms with E-state index in [1.54, 1.807) is 0 Å². The van der Waals surface area contributed by atoms with Crippen molar-refractivity contribution in [3.63, 3.8) is 0 Å². The van der Waals surface area contributed by atoms with Gasteiger partial charge in [-0.1, -0.05) is 6.42 Å². The Bertz CT molecular complexity index is 83.1. The van der Waals surface area contributed by atoms with Crippen molar-refractivity contribution in [2.45, 2.75) is 25.7 Å². The van der Waals surface area contributed by atoms with Gasteiger partial charge in [-0.15, -0.1) is 0 Å². The first-order chi connectivity index (χ1) is 4.27. The molecule has 0 spiro atoms. The predicted molar refractivity (Wildman–Crippen MR) is 36.4 cm³/mol. The average Bonchev–Trinajstić information content (AvgIpc) is 1.80. The van der Waals surface area contributed by atoms with Gasteiger partial charge < -0.3 is 5.11 Å². The lowest BCUT2D eigenvalue weighted by atomic mass is 10.2. The number of aliphatic hydroxyl groups is 1. The molecule has 0 bridgehead atoms. The number of aliphatic hydroxyl groups excluding tert-OH is 1. The summed E-state index contributed by atoms with van der Waals surface area (Å²) in [6.07, 6.45) is 2.88. The summed E-state index contributed by atoms with van der Waals surface area (Å²) < 4.78 is 0. The summed E-state index contributed by atoms with van der Waals surface area (Å²) in [4.78, 5) is 10.1. The van der Waals surface area contributed by atoms with Crippen LogP contribution in [0.1, 0.15) is 25.7 Å². The summed E-state index contributed by atoms with van der Waals surface area (Å²) in [6.45, 7) is 0.205. The smallest absolute Gasteiger partial charge is 0.221 e. The maximum absolute atomic E-state index is 10.1. The van der Waals surface area contributed by atoms with E-state index in [2.05, 4.69) is 0 Å². The first kappa shape index (κ1) is 8.92. The Balaban J connectivity index is 2.83. The fourth-order valence-electron chi connectivity index (χ4n) is 0.553. The van der Waals surface area contributed by atoms with Gasteiger partial charge in [0.2, 0.25) is 5.24 Å². The van der Waals surface area contributed by atoms with E-state index in [4.69, 9.17) is 16.7 Å². The van der Waals surface area contributed by atoms with Gasteiger partial charge in [0.1, 0.15) is 0 Å². The zero-order valence-corrected chi connectivity index (χ0v) is 6.02. The van der Waals surface area contributed by atoms with Crippen molar-refractivity contribution >= 4 is 16.8 Å². The van der Waals surface area contributed by atoms with Crippen LogP contribution in [0.25, 0.3) is 0 Å². The van der Waals surface area contributed by atoms with Gasteiger partial charge in [0.15, 0.2) is 0 Å². The van der Waals surface area contributed by atoms with Crippen molar-refractivity contribution in [3.8, 4) is 0 Å². The number of carbonyl (C=O) groups is 1. The average molecular weight is 151 g/mol. The molecule has 0 rings (SSSR count). The van der Waals surface area contributed by atoms with Gasteiger partial charge >= 0.3 is 0 Å². The third-order valence-corrected chi connectivity index (χ3v) is 1.22. The summed E-state index contributed by atoms with van der Waals surface area (Å²) in [7, 11) is 0. The Morgan fingerprint density at radius 1 is 1.33 bits per heavy atom. The molecule has 0 unspecified atom stereocenters. The van der Waals surface area contributed by atoms with Crippen LogP contribution in [-0.2, 0) is 4.79 Å². The SMILES string of the molecule is O=C(Cl)CCCCCO. The van der Waals surface area contributed by atoms with E-state index < -0.39 is 0 Å². The molecule has 0 radical (unpaired) electrons. The molecule has 0 aromatic carbocycles. The third kappa shape index (κ3) is 7.92. The normalized spacial score (nSPS) is 9.56. The lowest BCUT2D eigenvalue weighted by Crippen LogP contribution is -1.87. The van der Waals surface area contributed by atoms with Crippen LogP contribution in [0.15, 0.2) is 0 Å². The van der Waals surface area contributed by atoms with E-state index in [0.29, 0.717) is 6.42 Å². The minimum atomic E-state index is -0.284. The van der Waals surface area contributed by atoms with Gasteiger partial charge in [-0.2, -0.15) is 0 Å². The molecule has 3 heteroatoms. The fraction of sp³-hybridized carbons (Fsp3) is 0.833. The van der Waals surface area contributed by atoms with E-state index in [1.165, 1.54) is 0 Å². The highest BCUT2D eigenvalue weighted by atomic mass is 35.5. The number of carbonyl (C=O) groups excluding carboxylic acids is 1. The quantitative estimate of drug-likeness (QED) is 0.474. The van der Waals surface area contributed by atoms with Gasteiger partial charge in [0.25, 0.3) is 0 Å². The molecule has 0 aliphatic carbocycles. The Morgan fingerprint density at radius 3 is 2.44 bits per heavy atom. The molecule has 0 heterocycles. The third-order valence-electron chi connectivity index (χ3n) is 1.03. The highest BCUT2D eigenvalue weighted by Crippen LogP contribution is 2.00. The summed E-state index contributed by atoms with van der Waals surface area (Å²) in [5.74, 6) is 0. The highest BCUT2D eigenvalue weighted by Gasteiger charge is 1.93. The Hall–Kier alpha value is -0.0800. The number of hydrogen-bond donors (Lipinski definition) is 1. The molecular formula is C6H11ClO2. The van der Waals surface area contributed by atoms with E-state index in [9.17, 15) is 4.79 Å². The first-order valence-corrected chi connectivity index (χ1v) is 3.44. The molecule has 0 aliphatic heterocycles. The van der Waals surface area contributed by atoms with Crippen molar-refractivity contribution in [1.82, 2.24) is 0 Å². The van der Waals surface area contributed by atoms with Crippen LogP contribution in [0.2, 0.25) is 0 Å². The van der Waals surface area contributed by atoms with Crippen molar-refractivity contribution in [2.24, 2.45) is 0 Å². The van der Waals surface area contributed by atoms with Gasteiger partial charge in [0.05, 0.1) is 0 Å². The minimum absolute atomic E-state index is 0.205. The molecule has 0 fully saturated rings. The van der Waals surface area contributed by atoms with Gasteiger partial charge in [-0.25, -0.2) is 0 Å². The van der Waals surface area contributed by atoms with Crippen molar-refractivity contribution in [1.29, 1.82) is 0 Å². The summed E-state index contributed by atoms with van der Waals surface area (Å²) in [5, 5.41) is 8.03. The van der Waals surface area contributed by atoms with Crippen LogP contribution in [0.4, 0.5) is 0 Å². The number of unbranched alkanes of at least 4 members (excludes halogenated alkanes) is 2. The molecule has 9 heavy (non-hydrogen) atoms. The maximum Gasteiger partial charge on any atom is 0.221 e. The molecular weight excluding hydrogens is 140 g/mol. The summed E-state index contributed by atoms with van der Waals surface area (Å²) in [6, 6.07) is 0. The van der Waals surface area contributed by atoms with Crippen LogP contribution in [0.3, 0.4) is 0 Å². The van der Waals surface area contributed by atoms with E-state index in [1.807, 2.05) is 0 Å². The summed E-state index contributed by atoms with van der Waals surface area (Å²) >= 11 is 5.06. The molecule has 0 aromatic rings. The lowest BCUT2D eigenvalue weighted by molar-refractivity contribution is -0.111. The Labute approximate surface area is 59.8 Å². The van der Waals surface area contributed by atoms with Crippen LogP contribution in [-0.4, -0.2) is 17.0 Å². The summed E-state index contributed by atoms with van der Waals surface area (Å²) in [5.41, 5.74) is 0. The zero-order valence-electron chi connectivity index (χ0n) is 5.27. The molecule has 0 saturated heterocycles.